The van der Waals surface area contributed by atoms with Crippen molar-refractivity contribution in [2.75, 3.05) is 11.8 Å². The van der Waals surface area contributed by atoms with Gasteiger partial charge in [0.05, 0.1) is 5.52 Å². The van der Waals surface area contributed by atoms with E-state index in [1.807, 2.05) is 32.0 Å². The summed E-state index contributed by atoms with van der Waals surface area (Å²) in [6, 6.07) is 10.3. The summed E-state index contributed by atoms with van der Waals surface area (Å²) in [5, 5.41) is 4.61. The number of fused-ring (bicyclic) bond motifs is 1. The van der Waals surface area contributed by atoms with Gasteiger partial charge in [0.1, 0.15) is 0 Å². The summed E-state index contributed by atoms with van der Waals surface area (Å²) in [4.78, 5) is 4.54. The molecule has 2 aromatic rings. The van der Waals surface area contributed by atoms with E-state index in [2.05, 4.69) is 22.4 Å². The molecule has 0 amide bonds. The lowest BCUT2D eigenvalue weighted by Gasteiger charge is -2.26. The molecule has 1 aromatic heterocycles. The number of pyridine rings is 1. The largest absolute Gasteiger partial charge is 0.305 e. The van der Waals surface area contributed by atoms with Crippen LogP contribution in [0.5, 0.6) is 0 Å². The average Bonchev–Trinajstić information content (AvgIpc) is 2.44. The molecule has 2 nitrogen and oxygen atoms in total. The average molecular weight is 297 g/mol. The van der Waals surface area contributed by atoms with Crippen LogP contribution in [-0.2, 0) is 6.54 Å². The molecule has 19 heavy (non-hydrogen) atoms. The highest BCUT2D eigenvalue weighted by molar-refractivity contribution is 6.22. The van der Waals surface area contributed by atoms with Gasteiger partial charge in [-0.15, -0.1) is 23.2 Å². The molecule has 0 saturated carbocycles. The molecule has 0 spiro atoms. The van der Waals surface area contributed by atoms with E-state index in [0.29, 0.717) is 11.8 Å². The molecule has 0 bridgehead atoms. The third-order valence-corrected chi connectivity index (χ3v) is 4.41. The van der Waals surface area contributed by atoms with Gasteiger partial charge in [0.15, 0.2) is 0 Å². The first-order valence-electron chi connectivity index (χ1n) is 6.30. The third kappa shape index (κ3) is 3.38. The first kappa shape index (κ1) is 14.6. The highest BCUT2D eigenvalue weighted by Gasteiger charge is 2.21. The Morgan fingerprint density at radius 1 is 1.21 bits per heavy atom. The van der Waals surface area contributed by atoms with Crippen LogP contribution in [0.4, 0.5) is 0 Å². The second-order valence-corrected chi connectivity index (χ2v) is 5.66. The molecular weight excluding hydrogens is 279 g/mol. The maximum atomic E-state index is 5.97. The van der Waals surface area contributed by atoms with Crippen molar-refractivity contribution in [3.05, 3.63) is 41.6 Å². The Morgan fingerprint density at radius 2 is 1.89 bits per heavy atom. The van der Waals surface area contributed by atoms with Crippen molar-refractivity contribution in [1.29, 1.82) is 0 Å². The molecule has 1 aromatic carbocycles. The number of benzene rings is 1. The van der Waals surface area contributed by atoms with Gasteiger partial charge in [0, 0.05) is 34.9 Å². The van der Waals surface area contributed by atoms with Gasteiger partial charge in [-0.1, -0.05) is 18.2 Å². The van der Waals surface area contributed by atoms with E-state index in [1.165, 1.54) is 10.9 Å². The zero-order valence-electron chi connectivity index (χ0n) is 11.2. The van der Waals surface area contributed by atoms with Gasteiger partial charge in [-0.2, -0.15) is 0 Å². The number of para-hydroxylation sites is 1. The van der Waals surface area contributed by atoms with E-state index >= 15 is 0 Å². The minimum atomic E-state index is -0.249. The van der Waals surface area contributed by atoms with Crippen LogP contribution in [0.1, 0.15) is 18.2 Å². The van der Waals surface area contributed by atoms with Gasteiger partial charge in [-0.05, 0) is 31.5 Å². The van der Waals surface area contributed by atoms with Crippen molar-refractivity contribution in [3.8, 4) is 0 Å². The molecule has 0 unspecified atom stereocenters. The van der Waals surface area contributed by atoms with E-state index in [-0.39, 0.29) is 5.54 Å². The number of aromatic nitrogens is 1. The van der Waals surface area contributed by atoms with Crippen LogP contribution in [-0.4, -0.2) is 22.3 Å². The number of halogens is 2. The van der Waals surface area contributed by atoms with E-state index < -0.39 is 0 Å². The topological polar surface area (TPSA) is 24.9 Å². The Morgan fingerprint density at radius 3 is 2.58 bits per heavy atom. The molecule has 0 aliphatic rings. The summed E-state index contributed by atoms with van der Waals surface area (Å²) in [6.45, 7) is 4.78. The molecule has 0 saturated heterocycles. The van der Waals surface area contributed by atoms with Crippen molar-refractivity contribution in [2.45, 2.75) is 25.9 Å². The van der Waals surface area contributed by atoms with Crippen molar-refractivity contribution < 1.29 is 0 Å². The van der Waals surface area contributed by atoms with E-state index in [0.717, 1.165) is 17.8 Å². The first-order valence-corrected chi connectivity index (χ1v) is 7.37. The second kappa shape index (κ2) is 6.08. The lowest BCUT2D eigenvalue weighted by molar-refractivity contribution is 0.435. The second-order valence-electron chi connectivity index (χ2n) is 5.12. The zero-order chi connectivity index (χ0) is 13.9. The van der Waals surface area contributed by atoms with Crippen LogP contribution in [0.25, 0.3) is 10.9 Å². The van der Waals surface area contributed by atoms with Crippen molar-refractivity contribution in [2.24, 2.45) is 0 Å². The van der Waals surface area contributed by atoms with Gasteiger partial charge in [-0.25, -0.2) is 0 Å². The van der Waals surface area contributed by atoms with E-state index in [9.17, 15) is 0 Å². The number of aryl methyl sites for hydroxylation is 1. The summed E-state index contributed by atoms with van der Waals surface area (Å²) in [6.07, 6.45) is 0. The third-order valence-electron chi connectivity index (χ3n) is 3.23. The Hall–Kier alpha value is -0.830. The number of rotatable bonds is 5. The quantitative estimate of drug-likeness (QED) is 0.847. The van der Waals surface area contributed by atoms with Crippen molar-refractivity contribution >= 4 is 34.1 Å². The molecule has 102 valence electrons. The molecule has 0 radical (unpaired) electrons. The van der Waals surface area contributed by atoms with Crippen LogP contribution in [0.3, 0.4) is 0 Å². The molecule has 2 rings (SSSR count). The molecule has 0 fully saturated rings. The fraction of sp³-hybridized carbons (Fsp3) is 0.400. The van der Waals surface area contributed by atoms with Gasteiger partial charge < -0.3 is 5.32 Å². The van der Waals surface area contributed by atoms with E-state index in [1.54, 1.807) is 0 Å². The predicted molar refractivity (Wildman–Crippen MR) is 83.2 cm³/mol. The minimum absolute atomic E-state index is 0.249. The maximum Gasteiger partial charge on any atom is 0.0708 e. The number of nitrogens with zero attached hydrogens (tertiary/aromatic N) is 1. The van der Waals surface area contributed by atoms with Crippen LogP contribution < -0.4 is 5.32 Å². The number of alkyl halides is 2. The Kier molecular flexibility index (Phi) is 4.67. The SMILES string of the molecule is Cc1cc(CNC(C)(CCl)CCl)c2ccccc2n1. The molecule has 0 aliphatic heterocycles. The number of hydrogen-bond acceptors (Lipinski definition) is 2. The summed E-state index contributed by atoms with van der Waals surface area (Å²) in [5.74, 6) is 0.969. The Balaban J connectivity index is 2.30. The zero-order valence-corrected chi connectivity index (χ0v) is 12.7. The highest BCUT2D eigenvalue weighted by Crippen LogP contribution is 2.19. The molecule has 1 heterocycles. The first-order chi connectivity index (χ1) is 9.08. The lowest BCUT2D eigenvalue weighted by Crippen LogP contribution is -2.45. The monoisotopic (exact) mass is 296 g/mol. The van der Waals surface area contributed by atoms with Crippen LogP contribution in [0, 0.1) is 6.92 Å². The Labute approximate surface area is 124 Å². The van der Waals surface area contributed by atoms with Gasteiger partial charge >= 0.3 is 0 Å². The maximum absolute atomic E-state index is 5.97. The smallest absolute Gasteiger partial charge is 0.0708 e. The summed E-state index contributed by atoms with van der Waals surface area (Å²) in [7, 11) is 0. The fourth-order valence-corrected chi connectivity index (χ4v) is 2.45. The standard InChI is InChI=1S/C15H18Cl2N2/c1-11-7-12(8-18-15(2,9-16)10-17)13-5-3-4-6-14(13)19-11/h3-7,18H,8-10H2,1-2H3. The normalized spacial score (nSPS) is 12.0. The van der Waals surface area contributed by atoms with Crippen molar-refractivity contribution in [3.63, 3.8) is 0 Å². The molecule has 4 heteroatoms. The molecule has 0 atom stereocenters. The molecule has 0 aliphatic carbocycles. The van der Waals surface area contributed by atoms with Gasteiger partial charge in [0.2, 0.25) is 0 Å². The van der Waals surface area contributed by atoms with Crippen LogP contribution in [0.15, 0.2) is 30.3 Å². The van der Waals surface area contributed by atoms with Gasteiger partial charge in [-0.3, -0.25) is 4.98 Å². The minimum Gasteiger partial charge on any atom is -0.305 e. The predicted octanol–water partition coefficient (Wildman–Crippen LogP) is 3.87. The van der Waals surface area contributed by atoms with Crippen LogP contribution >= 0.6 is 23.2 Å². The lowest BCUT2D eigenvalue weighted by atomic mass is 10.0. The van der Waals surface area contributed by atoms with Gasteiger partial charge in [0.25, 0.3) is 0 Å². The Bertz CT molecular complexity index is 565. The summed E-state index contributed by atoms with van der Waals surface area (Å²) in [5.41, 5.74) is 3.03. The molecular formula is C15H18Cl2N2. The van der Waals surface area contributed by atoms with Crippen molar-refractivity contribution in [1.82, 2.24) is 10.3 Å². The highest BCUT2D eigenvalue weighted by atomic mass is 35.5. The number of hydrogen-bond donors (Lipinski definition) is 1. The van der Waals surface area contributed by atoms with E-state index in [4.69, 9.17) is 23.2 Å². The number of nitrogens with one attached hydrogen (secondary N) is 1. The fourth-order valence-electron chi connectivity index (χ4n) is 1.98. The summed E-state index contributed by atoms with van der Waals surface area (Å²) >= 11 is 11.9. The summed E-state index contributed by atoms with van der Waals surface area (Å²) < 4.78 is 0. The molecule has 1 N–H and O–H groups in total. The van der Waals surface area contributed by atoms with Crippen LogP contribution in [0.2, 0.25) is 0 Å².